The van der Waals surface area contributed by atoms with E-state index in [1.807, 2.05) is 45.0 Å². The average molecular weight is 315 g/mol. The van der Waals surface area contributed by atoms with Gasteiger partial charge in [-0.25, -0.2) is 4.39 Å². The quantitative estimate of drug-likeness (QED) is 0.869. The summed E-state index contributed by atoms with van der Waals surface area (Å²) < 4.78 is 19.2. The minimum atomic E-state index is -0.722. The molecule has 2 rings (SSSR count). The number of carbonyl (C=O) groups excluding carboxylic acids is 1. The van der Waals surface area contributed by atoms with E-state index < -0.39 is 11.9 Å². The van der Waals surface area contributed by atoms with E-state index in [-0.39, 0.29) is 17.7 Å². The van der Waals surface area contributed by atoms with Crippen LogP contribution in [0.5, 0.6) is 5.75 Å². The molecule has 0 radical (unpaired) electrons. The Hall–Kier alpha value is -2.36. The number of para-hydroxylation sites is 1. The van der Waals surface area contributed by atoms with E-state index in [2.05, 4.69) is 5.32 Å². The number of halogens is 1. The first-order valence-corrected chi connectivity index (χ1v) is 7.79. The summed E-state index contributed by atoms with van der Waals surface area (Å²) in [5, 5.41) is 2.92. The van der Waals surface area contributed by atoms with E-state index in [1.165, 1.54) is 17.7 Å². The average Bonchev–Trinajstić information content (AvgIpc) is 2.54. The summed E-state index contributed by atoms with van der Waals surface area (Å²) in [5.74, 6) is -0.619. The lowest BCUT2D eigenvalue weighted by molar-refractivity contribution is -0.128. The van der Waals surface area contributed by atoms with Crippen molar-refractivity contribution < 1.29 is 13.9 Å². The lowest BCUT2D eigenvalue weighted by Gasteiger charge is -2.21. The summed E-state index contributed by atoms with van der Waals surface area (Å²) in [6, 6.07) is 13.9. The lowest BCUT2D eigenvalue weighted by Crippen LogP contribution is -2.39. The van der Waals surface area contributed by atoms with Gasteiger partial charge in [-0.2, -0.15) is 0 Å². The van der Waals surface area contributed by atoms with Crippen LogP contribution in [0.15, 0.2) is 48.5 Å². The second-order valence-corrected chi connectivity index (χ2v) is 5.59. The maximum atomic E-state index is 13.7. The van der Waals surface area contributed by atoms with Crippen LogP contribution in [0.2, 0.25) is 0 Å². The molecule has 0 saturated carbocycles. The highest BCUT2D eigenvalue weighted by Gasteiger charge is 2.21. The van der Waals surface area contributed by atoms with Crippen molar-refractivity contribution in [2.75, 3.05) is 0 Å². The number of nitrogens with one attached hydrogen (secondary N) is 1. The van der Waals surface area contributed by atoms with Crippen molar-refractivity contribution in [1.82, 2.24) is 5.32 Å². The van der Waals surface area contributed by atoms with Crippen molar-refractivity contribution in [3.05, 3.63) is 65.5 Å². The highest BCUT2D eigenvalue weighted by molar-refractivity contribution is 5.81. The molecule has 0 aliphatic rings. The fourth-order valence-electron chi connectivity index (χ4n) is 2.26. The Balaban J connectivity index is 2.02. The third-order valence-electron chi connectivity index (χ3n) is 3.71. The second kappa shape index (κ2) is 7.77. The zero-order chi connectivity index (χ0) is 16.8. The van der Waals surface area contributed by atoms with Gasteiger partial charge < -0.3 is 10.1 Å². The number of carbonyl (C=O) groups is 1. The Labute approximate surface area is 136 Å². The van der Waals surface area contributed by atoms with Crippen LogP contribution < -0.4 is 10.1 Å². The van der Waals surface area contributed by atoms with E-state index in [4.69, 9.17) is 4.74 Å². The van der Waals surface area contributed by atoms with Crippen LogP contribution in [0.4, 0.5) is 4.39 Å². The monoisotopic (exact) mass is 315 g/mol. The van der Waals surface area contributed by atoms with E-state index in [9.17, 15) is 9.18 Å². The lowest BCUT2D eigenvalue weighted by atomic mass is 10.1. The minimum absolute atomic E-state index is 0.0949. The molecule has 0 aromatic heterocycles. The molecule has 4 heteroatoms. The van der Waals surface area contributed by atoms with Crippen molar-refractivity contribution in [3.63, 3.8) is 0 Å². The highest BCUT2D eigenvalue weighted by Crippen LogP contribution is 2.19. The summed E-state index contributed by atoms with van der Waals surface area (Å²) >= 11 is 0. The Morgan fingerprint density at radius 2 is 1.83 bits per heavy atom. The number of benzene rings is 2. The SMILES string of the molecule is CC[C@H](Oc1ccccc1F)C(=O)N[C@H](C)c1ccc(C)cc1. The van der Waals surface area contributed by atoms with Gasteiger partial charge in [-0.1, -0.05) is 48.9 Å². The molecular weight excluding hydrogens is 293 g/mol. The molecule has 0 aliphatic heterocycles. The van der Waals surface area contributed by atoms with Crippen molar-refractivity contribution in [1.29, 1.82) is 0 Å². The van der Waals surface area contributed by atoms with E-state index in [0.717, 1.165) is 5.56 Å². The van der Waals surface area contributed by atoms with Crippen LogP contribution >= 0.6 is 0 Å². The molecule has 0 heterocycles. The smallest absolute Gasteiger partial charge is 0.261 e. The first-order valence-electron chi connectivity index (χ1n) is 7.79. The van der Waals surface area contributed by atoms with Gasteiger partial charge in [0, 0.05) is 0 Å². The molecule has 0 fully saturated rings. The Morgan fingerprint density at radius 3 is 2.43 bits per heavy atom. The minimum Gasteiger partial charge on any atom is -0.478 e. The van der Waals surface area contributed by atoms with Crippen LogP contribution in [-0.4, -0.2) is 12.0 Å². The van der Waals surface area contributed by atoms with Gasteiger partial charge in [0.2, 0.25) is 0 Å². The summed E-state index contributed by atoms with van der Waals surface area (Å²) in [7, 11) is 0. The van der Waals surface area contributed by atoms with E-state index >= 15 is 0 Å². The fraction of sp³-hybridized carbons (Fsp3) is 0.316. The van der Waals surface area contributed by atoms with Gasteiger partial charge in [0.25, 0.3) is 5.91 Å². The van der Waals surface area contributed by atoms with Gasteiger partial charge in [-0.15, -0.1) is 0 Å². The number of rotatable bonds is 6. The molecule has 2 atom stereocenters. The molecule has 0 bridgehead atoms. The van der Waals surface area contributed by atoms with Crippen LogP contribution in [0, 0.1) is 12.7 Å². The summed E-state index contributed by atoms with van der Waals surface area (Å²) in [6.07, 6.45) is -0.263. The predicted octanol–water partition coefficient (Wildman–Crippen LogP) is 4.17. The molecule has 23 heavy (non-hydrogen) atoms. The van der Waals surface area contributed by atoms with Crippen molar-refractivity contribution in [2.45, 2.75) is 39.3 Å². The van der Waals surface area contributed by atoms with E-state index in [0.29, 0.717) is 6.42 Å². The van der Waals surface area contributed by atoms with Gasteiger partial charge >= 0.3 is 0 Å². The van der Waals surface area contributed by atoms with Crippen molar-refractivity contribution in [3.8, 4) is 5.75 Å². The number of aryl methyl sites for hydroxylation is 1. The Kier molecular flexibility index (Phi) is 5.74. The molecule has 3 nitrogen and oxygen atoms in total. The maximum absolute atomic E-state index is 13.7. The molecule has 122 valence electrons. The van der Waals surface area contributed by atoms with Crippen molar-refractivity contribution >= 4 is 5.91 Å². The van der Waals surface area contributed by atoms with Crippen LogP contribution in [0.25, 0.3) is 0 Å². The molecular formula is C19H22FNO2. The zero-order valence-corrected chi connectivity index (χ0v) is 13.7. The first-order chi connectivity index (χ1) is 11.0. The summed E-state index contributed by atoms with van der Waals surface area (Å²) in [6.45, 7) is 5.77. The molecule has 0 saturated heterocycles. The summed E-state index contributed by atoms with van der Waals surface area (Å²) in [4.78, 5) is 12.4. The molecule has 1 amide bonds. The van der Waals surface area contributed by atoms with Crippen LogP contribution in [0.3, 0.4) is 0 Å². The van der Waals surface area contributed by atoms with E-state index in [1.54, 1.807) is 12.1 Å². The Bertz CT molecular complexity index is 655. The van der Waals surface area contributed by atoms with Gasteiger partial charge in [-0.3, -0.25) is 4.79 Å². The number of amides is 1. The normalized spacial score (nSPS) is 13.2. The number of hydrogen-bond acceptors (Lipinski definition) is 2. The molecule has 0 unspecified atom stereocenters. The molecule has 0 spiro atoms. The first kappa shape index (κ1) is 17.0. The van der Waals surface area contributed by atoms with Crippen LogP contribution in [-0.2, 0) is 4.79 Å². The molecule has 2 aromatic carbocycles. The predicted molar refractivity (Wildman–Crippen MR) is 88.8 cm³/mol. The third-order valence-corrected chi connectivity index (χ3v) is 3.71. The summed E-state index contributed by atoms with van der Waals surface area (Å²) in [5.41, 5.74) is 2.19. The zero-order valence-electron chi connectivity index (χ0n) is 13.7. The number of ether oxygens (including phenoxy) is 1. The molecule has 1 N–H and O–H groups in total. The highest BCUT2D eigenvalue weighted by atomic mass is 19.1. The Morgan fingerprint density at radius 1 is 1.17 bits per heavy atom. The van der Waals surface area contributed by atoms with Crippen molar-refractivity contribution in [2.24, 2.45) is 0 Å². The maximum Gasteiger partial charge on any atom is 0.261 e. The molecule has 2 aromatic rings. The third kappa shape index (κ3) is 4.55. The second-order valence-electron chi connectivity index (χ2n) is 5.59. The van der Waals surface area contributed by atoms with Gasteiger partial charge in [0.1, 0.15) is 0 Å². The number of hydrogen-bond donors (Lipinski definition) is 1. The van der Waals surface area contributed by atoms with Gasteiger partial charge in [0.15, 0.2) is 17.7 Å². The molecule has 0 aliphatic carbocycles. The van der Waals surface area contributed by atoms with Gasteiger partial charge in [-0.05, 0) is 38.0 Å². The standard InChI is InChI=1S/C19H22FNO2/c1-4-17(23-18-8-6-5-7-16(18)20)19(22)21-14(3)15-11-9-13(2)10-12-15/h5-12,14,17H,4H2,1-3H3,(H,21,22)/t14-,17+/m1/s1. The fourth-order valence-corrected chi connectivity index (χ4v) is 2.26. The largest absolute Gasteiger partial charge is 0.478 e. The van der Waals surface area contributed by atoms with Gasteiger partial charge in [0.05, 0.1) is 6.04 Å². The van der Waals surface area contributed by atoms with Crippen LogP contribution in [0.1, 0.15) is 37.4 Å². The topological polar surface area (TPSA) is 38.3 Å².